The molecule has 3 nitrogen and oxygen atoms in total. The number of nitrogens with zero attached hydrogens (tertiary/aromatic N) is 1. The smallest absolute Gasteiger partial charge is 0.164 e. The fraction of sp³-hybridized carbons (Fsp3) is 0.550. The van der Waals surface area contributed by atoms with E-state index in [2.05, 4.69) is 64.1 Å². The van der Waals surface area contributed by atoms with Crippen LogP contribution in [0.3, 0.4) is 0 Å². The molecule has 0 saturated heterocycles. The minimum absolute atomic E-state index is 0. The van der Waals surface area contributed by atoms with E-state index in [1.807, 2.05) is 47.7 Å². The molecule has 44 heavy (non-hydrogen) atoms. The van der Waals surface area contributed by atoms with Crippen LogP contribution in [0.15, 0.2) is 48.4 Å². The Bertz CT molecular complexity index is 1400. The molecule has 4 heteroatoms. The molecule has 0 amide bonds. The van der Waals surface area contributed by atoms with Gasteiger partial charge in [-0.15, -0.1) is 34.9 Å². The molecule has 3 aromatic rings. The second-order valence-electron chi connectivity index (χ2n) is 13.6. The molecule has 1 unspecified atom stereocenters. The van der Waals surface area contributed by atoms with Crippen molar-refractivity contribution in [2.75, 3.05) is 0 Å². The van der Waals surface area contributed by atoms with Gasteiger partial charge in [0, 0.05) is 43.2 Å². The van der Waals surface area contributed by atoms with Crippen LogP contribution >= 0.6 is 0 Å². The number of hydrogen-bond acceptors (Lipinski definition) is 3. The zero-order valence-corrected chi connectivity index (χ0v) is 31.4. The molecule has 1 heterocycles. The molecule has 243 valence electrons. The summed E-state index contributed by atoms with van der Waals surface area (Å²) in [7, 11) is 0. The van der Waals surface area contributed by atoms with Gasteiger partial charge in [-0.2, -0.15) is 0 Å². The molecule has 1 radical (unpaired) electrons. The van der Waals surface area contributed by atoms with Crippen LogP contribution in [0.4, 0.5) is 0 Å². The molecule has 0 bridgehead atoms. The van der Waals surface area contributed by atoms with Crippen molar-refractivity contribution in [3.63, 3.8) is 0 Å². The molecule has 1 N–H and O–H groups in total. The van der Waals surface area contributed by atoms with Gasteiger partial charge >= 0.3 is 0 Å². The topological polar surface area (TPSA) is 50.2 Å². The summed E-state index contributed by atoms with van der Waals surface area (Å²) in [6.07, 6.45) is 12.3. The molecule has 1 atom stereocenters. The number of fused-ring (bicyclic) bond motifs is 1. The number of pyridine rings is 1. The molecule has 1 saturated carbocycles. The second-order valence-corrected chi connectivity index (χ2v) is 13.6. The number of aliphatic hydroxyl groups is 1. The Morgan fingerprint density at radius 2 is 1.57 bits per heavy atom. The van der Waals surface area contributed by atoms with Gasteiger partial charge in [-0.1, -0.05) is 87.3 Å². The van der Waals surface area contributed by atoms with E-state index in [4.69, 9.17) is 4.98 Å². The molecular formula is C40H56IrNO2-. The van der Waals surface area contributed by atoms with Crippen LogP contribution in [0.2, 0.25) is 0 Å². The predicted molar refractivity (Wildman–Crippen MR) is 184 cm³/mol. The third-order valence-corrected chi connectivity index (χ3v) is 10.8. The average molecular weight is 775 g/mol. The monoisotopic (exact) mass is 775 g/mol. The maximum Gasteiger partial charge on any atom is 0.164 e. The standard InChI is InChI=1S/C25H28N.C15H28O2.Ir/c1-16-11-17(2)13-22(12-16)25-24-14-18(3)23(15-21(24)9-10-26-25)19(4)20-7-5-6-8-20;1-7-14(5,8-2)12(16)11-13(17)15(6,9-3)10-4;/h9-12,14-15,19-20H,5-8H2,1-4H3;11,16H,7-10H2,1-6H3;/q-1;;/b;12-11-;. The van der Waals surface area contributed by atoms with Gasteiger partial charge in [-0.3, -0.25) is 4.79 Å². The van der Waals surface area contributed by atoms with E-state index in [9.17, 15) is 9.90 Å². The molecule has 1 aliphatic carbocycles. The van der Waals surface area contributed by atoms with Crippen molar-refractivity contribution in [3.8, 4) is 11.3 Å². The minimum Gasteiger partial charge on any atom is -0.512 e. The second kappa shape index (κ2) is 16.3. The summed E-state index contributed by atoms with van der Waals surface area (Å²) in [5.74, 6) is 1.78. The summed E-state index contributed by atoms with van der Waals surface area (Å²) < 4.78 is 0. The quantitative estimate of drug-likeness (QED) is 0.127. The molecule has 0 spiro atoms. The number of benzene rings is 2. The van der Waals surface area contributed by atoms with Crippen molar-refractivity contribution >= 4 is 16.6 Å². The molecule has 1 aromatic heterocycles. The zero-order valence-electron chi connectivity index (χ0n) is 29.0. The number of aromatic nitrogens is 1. The van der Waals surface area contributed by atoms with E-state index in [-0.39, 0.29) is 42.5 Å². The first-order chi connectivity index (χ1) is 20.3. The van der Waals surface area contributed by atoms with Crippen molar-refractivity contribution in [3.05, 3.63) is 76.7 Å². The molecular weight excluding hydrogens is 719 g/mol. The maximum atomic E-state index is 12.2. The zero-order chi connectivity index (χ0) is 31.9. The van der Waals surface area contributed by atoms with Crippen molar-refractivity contribution < 1.29 is 30.0 Å². The molecule has 1 aliphatic rings. The number of ketones is 1. The Balaban J connectivity index is 0.000000331. The van der Waals surface area contributed by atoms with E-state index in [1.54, 1.807) is 0 Å². The van der Waals surface area contributed by atoms with Crippen molar-refractivity contribution in [1.82, 2.24) is 4.98 Å². The summed E-state index contributed by atoms with van der Waals surface area (Å²) in [5.41, 5.74) is 6.90. The Labute approximate surface area is 281 Å². The normalized spacial score (nSPS) is 15.0. The van der Waals surface area contributed by atoms with Crippen LogP contribution in [0.5, 0.6) is 0 Å². The largest absolute Gasteiger partial charge is 0.512 e. The molecule has 1 fully saturated rings. The summed E-state index contributed by atoms with van der Waals surface area (Å²) in [6.45, 7) is 21.0. The fourth-order valence-corrected chi connectivity index (χ4v) is 6.47. The van der Waals surface area contributed by atoms with E-state index in [1.165, 1.54) is 64.8 Å². The van der Waals surface area contributed by atoms with Crippen LogP contribution in [0, 0.1) is 43.6 Å². The van der Waals surface area contributed by atoms with Crippen molar-refractivity contribution in [2.24, 2.45) is 16.7 Å². The predicted octanol–water partition coefficient (Wildman–Crippen LogP) is 11.6. The van der Waals surface area contributed by atoms with Crippen molar-refractivity contribution in [2.45, 2.75) is 127 Å². The summed E-state index contributed by atoms with van der Waals surface area (Å²) in [6, 6.07) is 14.8. The fourth-order valence-electron chi connectivity index (χ4n) is 6.47. The number of rotatable bonds is 10. The van der Waals surface area contributed by atoms with Crippen molar-refractivity contribution in [1.29, 1.82) is 0 Å². The van der Waals surface area contributed by atoms with Crippen LogP contribution in [-0.4, -0.2) is 15.9 Å². The first-order valence-corrected chi connectivity index (χ1v) is 16.7. The maximum absolute atomic E-state index is 12.2. The minimum atomic E-state index is -0.337. The summed E-state index contributed by atoms with van der Waals surface area (Å²) in [4.78, 5) is 16.9. The molecule has 4 rings (SSSR count). The number of carbonyl (C=O) groups is 1. The third kappa shape index (κ3) is 8.70. The van der Waals surface area contributed by atoms with Crippen LogP contribution in [0.1, 0.15) is 128 Å². The van der Waals surface area contributed by atoms with Crippen LogP contribution < -0.4 is 0 Å². The molecule has 0 aliphatic heterocycles. The van der Waals surface area contributed by atoms with Gasteiger partial charge in [0.2, 0.25) is 0 Å². The number of allylic oxidation sites excluding steroid dienone is 2. The third-order valence-electron chi connectivity index (χ3n) is 10.8. The number of hydrogen-bond donors (Lipinski definition) is 1. The Morgan fingerprint density at radius 1 is 0.977 bits per heavy atom. The number of aliphatic hydroxyl groups excluding tert-OH is 1. The first kappa shape index (κ1) is 37.9. The summed E-state index contributed by atoms with van der Waals surface area (Å²) >= 11 is 0. The Morgan fingerprint density at radius 3 is 2.11 bits per heavy atom. The van der Waals surface area contributed by atoms with Gasteiger partial charge in [-0.25, -0.2) is 0 Å². The van der Waals surface area contributed by atoms with E-state index < -0.39 is 0 Å². The molecule has 2 aromatic carbocycles. The van der Waals surface area contributed by atoms with Crippen LogP contribution in [-0.2, 0) is 24.9 Å². The van der Waals surface area contributed by atoms with E-state index >= 15 is 0 Å². The van der Waals surface area contributed by atoms with E-state index in [0.717, 1.165) is 42.9 Å². The Hall–Kier alpha value is -2.29. The first-order valence-electron chi connectivity index (χ1n) is 16.7. The average Bonchev–Trinajstić information content (AvgIpc) is 3.54. The van der Waals surface area contributed by atoms with Gasteiger partial charge in [0.1, 0.15) is 5.76 Å². The SMILES string of the molecule is CCC(C)(CC)C(=O)/C=C(\O)C(C)(CC)CC.Cc1[c-]c(-c2nccc3cc(C(C)C4CCCC4)c(C)cc23)cc(C)c1.[Ir]. The van der Waals surface area contributed by atoms with E-state index in [0.29, 0.717) is 5.92 Å². The summed E-state index contributed by atoms with van der Waals surface area (Å²) in [5, 5.41) is 12.7. The van der Waals surface area contributed by atoms with Crippen LogP contribution in [0.25, 0.3) is 22.0 Å². The number of aryl methyl sites for hydroxylation is 3. The van der Waals surface area contributed by atoms with Gasteiger partial charge in [-0.05, 0) is 90.9 Å². The Kier molecular flexibility index (Phi) is 14.1. The van der Waals surface area contributed by atoms with Gasteiger partial charge in [0.05, 0.1) is 0 Å². The van der Waals surface area contributed by atoms with Gasteiger partial charge in [0.15, 0.2) is 5.78 Å². The number of carbonyl (C=O) groups excluding carboxylic acids is 1. The van der Waals surface area contributed by atoms with Gasteiger partial charge < -0.3 is 10.1 Å². The van der Waals surface area contributed by atoms with Gasteiger partial charge in [0.25, 0.3) is 0 Å².